The first-order valence-electron chi connectivity index (χ1n) is 9.44. The number of hydrogen-bond donors (Lipinski definition) is 2. The minimum Gasteiger partial charge on any atom is -0.361 e. The van der Waals surface area contributed by atoms with Gasteiger partial charge in [0, 0.05) is 43.3 Å². The van der Waals surface area contributed by atoms with E-state index in [9.17, 15) is 9.59 Å². The molecular formula is C22H23N3O2. The maximum atomic E-state index is 12.5. The van der Waals surface area contributed by atoms with Crippen molar-refractivity contribution in [3.8, 4) is 11.1 Å². The van der Waals surface area contributed by atoms with E-state index in [1.165, 1.54) is 0 Å². The Hall–Kier alpha value is -3.08. The van der Waals surface area contributed by atoms with Gasteiger partial charge in [-0.25, -0.2) is 0 Å². The van der Waals surface area contributed by atoms with Gasteiger partial charge in [-0.15, -0.1) is 0 Å². The number of aromatic nitrogens is 1. The lowest BCUT2D eigenvalue weighted by Gasteiger charge is -2.15. The van der Waals surface area contributed by atoms with E-state index >= 15 is 0 Å². The van der Waals surface area contributed by atoms with Crippen LogP contribution in [0.15, 0.2) is 54.7 Å². The standard InChI is InChI=1S/C22H23N3O2/c26-21(25-12-1-2-13-25)9-11-24-22(27)19-5-3-4-17(14-19)18-7-6-16-8-10-23-20(16)15-18/h3-8,10,14-15,23H,1-2,9,11-13H2,(H,24,27). The fourth-order valence-electron chi connectivity index (χ4n) is 3.58. The van der Waals surface area contributed by atoms with Crippen molar-refractivity contribution in [1.82, 2.24) is 15.2 Å². The second-order valence-electron chi connectivity index (χ2n) is 6.95. The highest BCUT2D eigenvalue weighted by Gasteiger charge is 2.17. The van der Waals surface area contributed by atoms with Crippen molar-refractivity contribution in [2.75, 3.05) is 19.6 Å². The minimum atomic E-state index is -0.146. The van der Waals surface area contributed by atoms with Crippen LogP contribution >= 0.6 is 0 Å². The maximum Gasteiger partial charge on any atom is 0.251 e. The topological polar surface area (TPSA) is 65.2 Å². The molecule has 1 saturated heterocycles. The molecule has 5 heteroatoms. The third-order valence-corrected chi connectivity index (χ3v) is 5.10. The number of fused-ring (bicyclic) bond motifs is 1. The molecule has 5 nitrogen and oxygen atoms in total. The van der Waals surface area contributed by atoms with E-state index in [1.54, 1.807) is 6.07 Å². The van der Waals surface area contributed by atoms with Gasteiger partial charge in [-0.3, -0.25) is 9.59 Å². The summed E-state index contributed by atoms with van der Waals surface area (Å²) in [6.45, 7) is 2.06. The van der Waals surface area contributed by atoms with Gasteiger partial charge in [0.2, 0.25) is 5.91 Å². The number of rotatable bonds is 5. The van der Waals surface area contributed by atoms with Crippen LogP contribution in [0, 0.1) is 0 Å². The number of aromatic amines is 1. The molecule has 0 saturated carbocycles. The van der Waals surface area contributed by atoms with Crippen LogP contribution in [-0.2, 0) is 4.79 Å². The first-order chi connectivity index (χ1) is 13.2. The van der Waals surface area contributed by atoms with E-state index in [0.29, 0.717) is 18.5 Å². The number of likely N-dealkylation sites (tertiary alicyclic amines) is 1. The number of nitrogens with one attached hydrogen (secondary N) is 2. The Labute approximate surface area is 158 Å². The van der Waals surface area contributed by atoms with Crippen molar-refractivity contribution >= 4 is 22.7 Å². The summed E-state index contributed by atoms with van der Waals surface area (Å²) >= 11 is 0. The number of nitrogens with zero attached hydrogens (tertiary/aromatic N) is 1. The molecule has 138 valence electrons. The molecule has 1 aliphatic rings. The molecule has 3 aromatic rings. The molecule has 0 unspecified atom stereocenters. The van der Waals surface area contributed by atoms with Crippen molar-refractivity contribution in [1.29, 1.82) is 0 Å². The summed E-state index contributed by atoms with van der Waals surface area (Å²) in [7, 11) is 0. The van der Waals surface area contributed by atoms with Crippen LogP contribution in [0.1, 0.15) is 29.6 Å². The van der Waals surface area contributed by atoms with Crippen molar-refractivity contribution in [2.45, 2.75) is 19.3 Å². The molecule has 2 amide bonds. The predicted molar refractivity (Wildman–Crippen MR) is 106 cm³/mol. The average molecular weight is 361 g/mol. The van der Waals surface area contributed by atoms with E-state index in [4.69, 9.17) is 0 Å². The minimum absolute atomic E-state index is 0.126. The molecule has 0 spiro atoms. The second-order valence-corrected chi connectivity index (χ2v) is 6.95. The summed E-state index contributed by atoms with van der Waals surface area (Å²) in [6.07, 6.45) is 4.44. The van der Waals surface area contributed by atoms with Gasteiger partial charge in [0.15, 0.2) is 0 Å². The highest BCUT2D eigenvalue weighted by Crippen LogP contribution is 2.24. The van der Waals surface area contributed by atoms with Crippen molar-refractivity contribution in [2.24, 2.45) is 0 Å². The van der Waals surface area contributed by atoms with E-state index in [1.807, 2.05) is 35.4 Å². The zero-order valence-electron chi connectivity index (χ0n) is 15.2. The first kappa shape index (κ1) is 17.3. The number of carbonyl (C=O) groups is 2. The third-order valence-electron chi connectivity index (χ3n) is 5.10. The van der Waals surface area contributed by atoms with Gasteiger partial charge in [0.05, 0.1) is 0 Å². The van der Waals surface area contributed by atoms with Gasteiger partial charge in [-0.2, -0.15) is 0 Å². The third kappa shape index (κ3) is 3.87. The number of hydrogen-bond acceptors (Lipinski definition) is 2. The predicted octanol–water partition coefficient (Wildman–Crippen LogP) is 3.58. The van der Waals surface area contributed by atoms with Crippen molar-refractivity contribution in [3.05, 3.63) is 60.3 Å². The van der Waals surface area contributed by atoms with E-state index < -0.39 is 0 Å². The Balaban J connectivity index is 1.40. The fraction of sp³-hybridized carbons (Fsp3) is 0.273. The monoisotopic (exact) mass is 361 g/mol. The summed E-state index contributed by atoms with van der Waals surface area (Å²) in [6, 6.07) is 15.8. The molecule has 4 rings (SSSR count). The summed E-state index contributed by atoms with van der Waals surface area (Å²) < 4.78 is 0. The van der Waals surface area contributed by atoms with Crippen LogP contribution in [0.5, 0.6) is 0 Å². The highest BCUT2D eigenvalue weighted by atomic mass is 16.2. The zero-order valence-corrected chi connectivity index (χ0v) is 15.2. The number of amides is 2. The lowest BCUT2D eigenvalue weighted by molar-refractivity contribution is -0.129. The summed E-state index contributed by atoms with van der Waals surface area (Å²) in [4.78, 5) is 29.6. The smallest absolute Gasteiger partial charge is 0.251 e. The molecule has 1 aliphatic heterocycles. The Morgan fingerprint density at radius 3 is 2.67 bits per heavy atom. The molecule has 2 aromatic carbocycles. The van der Waals surface area contributed by atoms with Crippen molar-refractivity contribution in [3.63, 3.8) is 0 Å². The van der Waals surface area contributed by atoms with Gasteiger partial charge >= 0.3 is 0 Å². The average Bonchev–Trinajstić information content (AvgIpc) is 3.39. The van der Waals surface area contributed by atoms with E-state index in [-0.39, 0.29) is 11.8 Å². The Bertz CT molecular complexity index is 970. The van der Waals surface area contributed by atoms with Crippen molar-refractivity contribution < 1.29 is 9.59 Å². The van der Waals surface area contributed by atoms with Crippen LogP contribution in [-0.4, -0.2) is 41.3 Å². The number of benzene rings is 2. The van der Waals surface area contributed by atoms with Gasteiger partial charge in [-0.05, 0) is 53.6 Å². The molecule has 1 fully saturated rings. The lowest BCUT2D eigenvalue weighted by atomic mass is 10.0. The molecule has 0 atom stereocenters. The number of H-pyrrole nitrogens is 1. The molecule has 0 aliphatic carbocycles. The molecule has 0 bridgehead atoms. The Kier molecular flexibility index (Phi) is 4.92. The van der Waals surface area contributed by atoms with Crippen LogP contribution in [0.2, 0.25) is 0 Å². The fourth-order valence-corrected chi connectivity index (χ4v) is 3.58. The van der Waals surface area contributed by atoms with Crippen LogP contribution in [0.3, 0.4) is 0 Å². The SMILES string of the molecule is O=C(NCCC(=O)N1CCCC1)c1cccc(-c2ccc3cc[nH]c3c2)c1. The van der Waals surface area contributed by atoms with Crippen LogP contribution in [0.4, 0.5) is 0 Å². The van der Waals surface area contributed by atoms with Crippen LogP contribution < -0.4 is 5.32 Å². The Morgan fingerprint density at radius 1 is 1.00 bits per heavy atom. The Morgan fingerprint density at radius 2 is 1.81 bits per heavy atom. The van der Waals surface area contributed by atoms with E-state index in [2.05, 4.69) is 28.5 Å². The first-order valence-corrected chi connectivity index (χ1v) is 9.44. The van der Waals surface area contributed by atoms with Crippen LogP contribution in [0.25, 0.3) is 22.0 Å². The zero-order chi connectivity index (χ0) is 18.6. The molecule has 2 N–H and O–H groups in total. The van der Waals surface area contributed by atoms with Gasteiger partial charge in [0.25, 0.3) is 5.91 Å². The summed E-state index contributed by atoms with van der Waals surface area (Å²) in [5.41, 5.74) is 3.73. The summed E-state index contributed by atoms with van der Waals surface area (Å²) in [5, 5.41) is 4.03. The maximum absolute atomic E-state index is 12.5. The largest absolute Gasteiger partial charge is 0.361 e. The second kappa shape index (κ2) is 7.66. The summed E-state index contributed by atoms with van der Waals surface area (Å²) in [5.74, 6) is -0.0205. The molecule has 27 heavy (non-hydrogen) atoms. The van der Waals surface area contributed by atoms with Gasteiger partial charge in [0.1, 0.15) is 0 Å². The number of carbonyl (C=O) groups excluding carboxylic acids is 2. The molecular weight excluding hydrogens is 338 g/mol. The van der Waals surface area contributed by atoms with Gasteiger partial charge < -0.3 is 15.2 Å². The molecule has 0 radical (unpaired) electrons. The van der Waals surface area contributed by atoms with Gasteiger partial charge in [-0.1, -0.05) is 24.3 Å². The molecule has 1 aromatic heterocycles. The molecule has 2 heterocycles. The lowest BCUT2D eigenvalue weighted by Crippen LogP contribution is -2.32. The highest BCUT2D eigenvalue weighted by molar-refractivity contribution is 5.96. The quantitative estimate of drug-likeness (QED) is 0.729. The normalized spacial score (nSPS) is 13.9. The van der Waals surface area contributed by atoms with E-state index in [0.717, 1.165) is 48.0 Å².